The number of aromatic nitrogens is 4. The van der Waals surface area contributed by atoms with Gasteiger partial charge in [0.2, 0.25) is 106 Å². The number of nitrogens with two attached hydrogens (primary N) is 3. The number of amides is 18. The topological polar surface area (TPSA) is 602 Å². The van der Waals surface area contributed by atoms with Gasteiger partial charge in [0.25, 0.3) is 0 Å². The molecule has 5 heterocycles. The van der Waals surface area contributed by atoms with Crippen LogP contribution in [0.1, 0.15) is 134 Å². The molecular weight excluding hydrogens is 1700 g/mol. The van der Waals surface area contributed by atoms with Gasteiger partial charge in [-0.2, -0.15) is 0 Å². The molecule has 0 unspecified atom stereocenters. The molecule has 20 N–H and O–H groups in total. The van der Waals surface area contributed by atoms with Crippen LogP contribution in [0.2, 0.25) is 0 Å². The third-order valence-electron chi connectivity index (χ3n) is 22.8. The quantitative estimate of drug-likeness (QED) is 0.0272. The third kappa shape index (κ3) is 29.1. The van der Waals surface area contributed by atoms with Crippen molar-refractivity contribution in [1.82, 2.24) is 97.6 Å². The standard InChI is InChI=1S/C88H122N22O19S/c1-10-12-15-30-70-88(129)108(8)68(29-13-11-2)82(123)100-61(38-71(89)112)80(121)105-67(77(118)95-43-73(91)114)46-130-47-75(116)98-63(34-51-23-16-14-17-24-51)85(126)107(7)50(5)76(117)101-65(39-72(90)113)87(128)110-32-22-31-69(110)83(124)99-60(37-54-42-92-48-96-54)79(120)102-62(33-49(3)4)84(125)106(6)44-74(115)97-59(35-52-40-93-57-27-20-18-25-55(52)57)78(119)104-66(45-111)81(122)103-64(86(127)109(70)9)36-53-41-94-58-28-21-19-26-56(53)58/h14,16-21,23-28,40-42,48-50,59-70,93-94,111H,10-13,15,22,29-39,43-47H2,1-9H3,(H2,89,112)(H2,90,113)(H2,91,114)(H,92,96)(H,95,118)(H,97,115)(H,98,116)(H,99,124)(H,100,123)(H,101,117)(H,102,120)(H,103,122)(H,104,119)(H,105,121)/t50-,59-,60-,61-,62-,63-,64-,65-,66-,67-,68-,69-,70-/m0/s1. The molecular formula is C88H122N22O19S. The molecule has 0 saturated carbocycles. The van der Waals surface area contributed by atoms with E-state index in [2.05, 4.69) is 73.1 Å². The lowest BCUT2D eigenvalue weighted by atomic mass is 9.99. The van der Waals surface area contributed by atoms with Gasteiger partial charge >= 0.3 is 0 Å². The minimum absolute atomic E-state index is 0.0101. The fourth-order valence-corrected chi connectivity index (χ4v) is 16.5. The van der Waals surface area contributed by atoms with E-state index < -0.39 is 229 Å². The zero-order chi connectivity index (χ0) is 95.2. The van der Waals surface area contributed by atoms with Gasteiger partial charge in [-0.15, -0.1) is 11.8 Å². The van der Waals surface area contributed by atoms with Crippen LogP contribution in [0.5, 0.6) is 0 Å². The van der Waals surface area contributed by atoms with Crippen LogP contribution in [0.4, 0.5) is 0 Å². The predicted molar refractivity (Wildman–Crippen MR) is 479 cm³/mol. The van der Waals surface area contributed by atoms with Crippen molar-refractivity contribution in [2.45, 2.75) is 216 Å². The Bertz CT molecular complexity index is 5010. The molecule has 2 aliphatic rings. The summed E-state index contributed by atoms with van der Waals surface area (Å²) in [6.45, 7) is 5.87. The summed E-state index contributed by atoms with van der Waals surface area (Å²) >= 11 is 0.742. The number of carbonyl (C=O) groups is 18. The number of hydrogen-bond acceptors (Lipinski definition) is 21. The molecule has 0 aliphatic carbocycles. The van der Waals surface area contributed by atoms with Gasteiger partial charge in [0.15, 0.2) is 0 Å². The maximum absolute atomic E-state index is 15.7. The number of nitrogens with one attached hydrogen (secondary N) is 13. The van der Waals surface area contributed by atoms with Gasteiger partial charge < -0.3 is 115 Å². The Hall–Kier alpha value is -13.3. The summed E-state index contributed by atoms with van der Waals surface area (Å²) in [5.41, 5.74) is 20.0. The zero-order valence-electron chi connectivity index (χ0n) is 74.6. The van der Waals surface area contributed by atoms with Crippen molar-refractivity contribution in [1.29, 1.82) is 0 Å². The number of rotatable bonds is 25. The average molecular weight is 1820 g/mol. The van der Waals surface area contributed by atoms with Crippen LogP contribution in [0.25, 0.3) is 21.8 Å². The van der Waals surface area contributed by atoms with Crippen LogP contribution in [-0.4, -0.2) is 300 Å². The minimum atomic E-state index is -1.88. The molecule has 0 spiro atoms. The number of likely N-dealkylation sites (N-methyl/N-ethyl adjacent to an activating group) is 4. The van der Waals surface area contributed by atoms with E-state index in [9.17, 15) is 67.4 Å². The first-order chi connectivity index (χ1) is 61.9. The van der Waals surface area contributed by atoms with Gasteiger partial charge in [0, 0.05) is 112 Å². The lowest BCUT2D eigenvalue weighted by Crippen LogP contribution is -2.61. The summed E-state index contributed by atoms with van der Waals surface area (Å²) in [5.74, 6) is -18.5. The first kappa shape index (κ1) is 102. The average Bonchev–Trinajstić information content (AvgIpc) is 1.44. The number of aliphatic hydroxyl groups excluding tert-OH is 1. The number of nitrogens with zero attached hydrogens (tertiary/aromatic N) is 6. The van der Waals surface area contributed by atoms with Crippen molar-refractivity contribution < 1.29 is 91.4 Å². The summed E-state index contributed by atoms with van der Waals surface area (Å²) in [6, 6.07) is 2.15. The van der Waals surface area contributed by atoms with Gasteiger partial charge in [0.1, 0.15) is 78.5 Å². The Labute approximate surface area is 756 Å². The van der Waals surface area contributed by atoms with Gasteiger partial charge in [-0.3, -0.25) is 86.3 Å². The van der Waals surface area contributed by atoms with Crippen molar-refractivity contribution in [3.63, 3.8) is 0 Å². The fraction of sp³-hybridized carbons (Fsp3) is 0.511. The second-order valence-electron chi connectivity index (χ2n) is 33.2. The highest BCUT2D eigenvalue weighted by atomic mass is 32.2. The molecule has 130 heavy (non-hydrogen) atoms. The second-order valence-corrected chi connectivity index (χ2v) is 34.2. The number of aromatic amines is 3. The van der Waals surface area contributed by atoms with E-state index in [4.69, 9.17) is 17.2 Å². The molecule has 0 radical (unpaired) electrons. The molecule has 2 saturated heterocycles. The Kier molecular flexibility index (Phi) is 38.7. The highest BCUT2D eigenvalue weighted by Gasteiger charge is 2.44. The van der Waals surface area contributed by atoms with Crippen molar-refractivity contribution in [2.75, 3.05) is 65.9 Å². The SMILES string of the molecule is CCCCC[C@H]1C(=O)N(C)[C@@H](CCCC)C(=O)N[C@@H](CC(N)=O)C(=O)N[C@H](C(=O)NCC(N)=O)CSCC(=O)N[C@@H](Cc2ccccc2)C(=O)N(C)[C@@H](C)C(=O)N[C@@H](CC(N)=O)C(=O)N2CCC[C@H]2C(=O)N[C@@H](Cc2cnc[nH]2)C(=O)N[C@@H](CC(C)C)C(=O)N(C)CC(=O)N[C@@H](Cc2c[nH]c3ccccc23)C(=O)N[C@@H](CO)C(=O)N[C@@H](Cc2c[nH]c3ccccc23)C(=O)N1C. The molecule has 2 fully saturated rings. The molecule has 42 heteroatoms. The van der Waals surface area contributed by atoms with Gasteiger partial charge in [-0.05, 0) is 73.8 Å². The van der Waals surface area contributed by atoms with Crippen molar-refractivity contribution >= 4 is 140 Å². The highest BCUT2D eigenvalue weighted by molar-refractivity contribution is 8.00. The molecule has 13 atom stereocenters. The number of unbranched alkanes of at least 4 members (excludes halogenated alkanes) is 3. The first-order valence-electron chi connectivity index (χ1n) is 43.4. The summed E-state index contributed by atoms with van der Waals surface area (Å²) in [6.07, 6.45) is 5.71. The molecule has 3 aromatic carbocycles. The summed E-state index contributed by atoms with van der Waals surface area (Å²) in [7, 11) is 5.16. The number of H-pyrrole nitrogens is 3. The molecule has 2 aliphatic heterocycles. The maximum Gasteiger partial charge on any atom is 0.246 e. The van der Waals surface area contributed by atoms with Crippen LogP contribution in [0, 0.1) is 5.92 Å². The number of imidazole rings is 1. The van der Waals surface area contributed by atoms with Gasteiger partial charge in [-0.1, -0.05) is 127 Å². The molecule has 3 aromatic heterocycles. The lowest BCUT2D eigenvalue weighted by Gasteiger charge is -2.36. The number of hydrogen-bond donors (Lipinski definition) is 17. The summed E-state index contributed by atoms with van der Waals surface area (Å²) in [5, 5.41) is 38.4. The lowest BCUT2D eigenvalue weighted by molar-refractivity contribution is -0.149. The molecule has 18 amide bonds. The molecule has 704 valence electrons. The van der Waals surface area contributed by atoms with E-state index in [1.165, 1.54) is 47.6 Å². The van der Waals surface area contributed by atoms with E-state index in [1.54, 1.807) is 105 Å². The van der Waals surface area contributed by atoms with Crippen LogP contribution < -0.4 is 70.4 Å². The van der Waals surface area contributed by atoms with Gasteiger partial charge in [0.05, 0.1) is 44.6 Å². The molecule has 6 aromatic rings. The Morgan fingerprint density at radius 3 is 1.64 bits per heavy atom. The van der Waals surface area contributed by atoms with Crippen LogP contribution in [-0.2, 0) is 112 Å². The first-order valence-corrected chi connectivity index (χ1v) is 44.6. The number of para-hydroxylation sites is 2. The maximum atomic E-state index is 15.7. The Morgan fingerprint density at radius 2 is 1.04 bits per heavy atom. The van der Waals surface area contributed by atoms with Crippen LogP contribution >= 0.6 is 11.8 Å². The number of aliphatic hydroxyl groups is 1. The second kappa shape index (κ2) is 49.3. The largest absolute Gasteiger partial charge is 0.394 e. The smallest absolute Gasteiger partial charge is 0.246 e. The van der Waals surface area contributed by atoms with Crippen molar-refractivity contribution in [3.05, 3.63) is 126 Å². The minimum Gasteiger partial charge on any atom is -0.394 e. The van der Waals surface area contributed by atoms with E-state index in [1.807, 2.05) is 13.8 Å². The number of benzene rings is 3. The van der Waals surface area contributed by atoms with Crippen LogP contribution in [0.3, 0.4) is 0 Å². The van der Waals surface area contributed by atoms with E-state index in [0.717, 1.165) is 36.3 Å². The van der Waals surface area contributed by atoms with Crippen molar-refractivity contribution in [2.24, 2.45) is 23.1 Å². The Morgan fingerprint density at radius 1 is 0.515 bits per heavy atom. The third-order valence-corrected chi connectivity index (χ3v) is 23.8. The fourth-order valence-electron chi connectivity index (χ4n) is 15.6. The highest BCUT2D eigenvalue weighted by Crippen LogP contribution is 2.26. The summed E-state index contributed by atoms with van der Waals surface area (Å²) < 4.78 is 0. The van der Waals surface area contributed by atoms with E-state index in [-0.39, 0.29) is 76.7 Å². The van der Waals surface area contributed by atoms with Gasteiger partial charge in [-0.25, -0.2) is 4.98 Å². The molecule has 41 nitrogen and oxygen atoms in total. The monoisotopic (exact) mass is 1820 g/mol. The molecule has 8 rings (SSSR count). The predicted octanol–water partition coefficient (Wildman–Crippen LogP) is -2.14. The van der Waals surface area contributed by atoms with E-state index in [0.29, 0.717) is 69.9 Å². The summed E-state index contributed by atoms with van der Waals surface area (Å²) in [4.78, 5) is 279. The normalized spacial score (nSPS) is 23.7. The van der Waals surface area contributed by atoms with E-state index >= 15 is 24.0 Å². The number of fused-ring (bicyclic) bond motifs is 3. The van der Waals surface area contributed by atoms with Crippen LogP contribution in [0.15, 0.2) is 104 Å². The Balaban J connectivity index is 1.18. The number of primary amides is 3. The number of thioether (sulfide) groups is 1. The molecule has 0 bridgehead atoms. The number of carbonyl (C=O) groups excluding carboxylic acids is 18. The zero-order valence-corrected chi connectivity index (χ0v) is 75.4. The van der Waals surface area contributed by atoms with Crippen molar-refractivity contribution in [3.8, 4) is 0 Å².